The first-order chi connectivity index (χ1) is 8.69. The van der Waals surface area contributed by atoms with Crippen LogP contribution >= 0.6 is 24.0 Å². The van der Waals surface area contributed by atoms with Crippen molar-refractivity contribution in [3.8, 4) is 0 Å². The summed E-state index contributed by atoms with van der Waals surface area (Å²) in [5, 5.41) is 3.43. The molecule has 0 spiro atoms. The monoisotopic (exact) mass is 306 g/mol. The molecule has 1 unspecified atom stereocenters. The van der Waals surface area contributed by atoms with E-state index >= 15 is 0 Å². The van der Waals surface area contributed by atoms with Gasteiger partial charge in [0, 0.05) is 13.1 Å². The molecule has 19 heavy (non-hydrogen) atoms. The minimum Gasteiger partial charge on any atom is -0.319 e. The fourth-order valence-electron chi connectivity index (χ4n) is 2.65. The van der Waals surface area contributed by atoms with Crippen molar-refractivity contribution in [1.82, 2.24) is 10.2 Å². The third kappa shape index (κ3) is 4.92. The van der Waals surface area contributed by atoms with Gasteiger partial charge in [-0.25, -0.2) is 4.39 Å². The molecule has 0 saturated carbocycles. The van der Waals surface area contributed by atoms with E-state index in [0.717, 1.165) is 31.7 Å². The fourth-order valence-corrected chi connectivity index (χ4v) is 2.76. The van der Waals surface area contributed by atoms with E-state index < -0.39 is 0 Å². The van der Waals surface area contributed by atoms with Gasteiger partial charge in [-0.15, -0.1) is 12.4 Å². The van der Waals surface area contributed by atoms with E-state index in [2.05, 4.69) is 10.2 Å². The number of rotatable bonds is 4. The summed E-state index contributed by atoms with van der Waals surface area (Å²) in [5.74, 6) is 0.388. The van der Waals surface area contributed by atoms with E-state index in [1.807, 2.05) is 13.1 Å². The molecule has 0 radical (unpaired) electrons. The molecule has 1 heterocycles. The van der Waals surface area contributed by atoms with Crippen LogP contribution in [0.1, 0.15) is 18.4 Å². The summed E-state index contributed by atoms with van der Waals surface area (Å²) in [4.78, 5) is 2.40. The van der Waals surface area contributed by atoms with Crippen molar-refractivity contribution in [3.63, 3.8) is 0 Å². The zero-order valence-electron chi connectivity index (χ0n) is 11.2. The molecule has 1 N–H and O–H groups in total. The van der Waals surface area contributed by atoms with Crippen LogP contribution in [0.5, 0.6) is 0 Å². The molecule has 1 fully saturated rings. The third-order valence-electron chi connectivity index (χ3n) is 3.49. The first-order valence-electron chi connectivity index (χ1n) is 6.50. The van der Waals surface area contributed by atoms with Crippen LogP contribution in [0.25, 0.3) is 0 Å². The smallest absolute Gasteiger partial charge is 0.142 e. The number of benzene rings is 1. The second-order valence-corrected chi connectivity index (χ2v) is 5.46. The Kier molecular flexibility index (Phi) is 7.08. The minimum atomic E-state index is -0.321. The van der Waals surface area contributed by atoms with Crippen LogP contribution in [0, 0.1) is 11.7 Å². The van der Waals surface area contributed by atoms with Crippen molar-refractivity contribution in [3.05, 3.63) is 34.6 Å². The predicted molar refractivity (Wildman–Crippen MR) is 80.6 cm³/mol. The molecule has 0 amide bonds. The highest BCUT2D eigenvalue weighted by Crippen LogP contribution is 2.20. The van der Waals surface area contributed by atoms with Gasteiger partial charge in [0.25, 0.3) is 0 Å². The van der Waals surface area contributed by atoms with Crippen LogP contribution in [0.15, 0.2) is 18.2 Å². The van der Waals surface area contributed by atoms with Crippen molar-refractivity contribution in [1.29, 1.82) is 0 Å². The van der Waals surface area contributed by atoms with Crippen molar-refractivity contribution in [2.24, 2.45) is 5.92 Å². The normalized spacial score (nSPS) is 20.1. The van der Waals surface area contributed by atoms with Gasteiger partial charge in [-0.2, -0.15) is 0 Å². The lowest BCUT2D eigenvalue weighted by Gasteiger charge is -2.32. The number of halogens is 3. The van der Waals surface area contributed by atoms with Gasteiger partial charge in [-0.05, 0) is 56.6 Å². The van der Waals surface area contributed by atoms with E-state index in [4.69, 9.17) is 11.6 Å². The molecular weight excluding hydrogens is 286 g/mol. The van der Waals surface area contributed by atoms with Crippen LogP contribution in [0.2, 0.25) is 5.02 Å². The summed E-state index contributed by atoms with van der Waals surface area (Å²) in [5.41, 5.74) is 1.00. The first kappa shape index (κ1) is 16.7. The van der Waals surface area contributed by atoms with Gasteiger partial charge < -0.3 is 5.32 Å². The lowest BCUT2D eigenvalue weighted by atomic mass is 9.97. The van der Waals surface area contributed by atoms with Crippen LogP contribution in [-0.4, -0.2) is 31.6 Å². The first-order valence-corrected chi connectivity index (χ1v) is 6.87. The zero-order chi connectivity index (χ0) is 13.0. The summed E-state index contributed by atoms with van der Waals surface area (Å²) in [6.07, 6.45) is 2.51. The molecular formula is C14H21Cl2FN2. The molecule has 2 rings (SSSR count). The maximum absolute atomic E-state index is 13.4. The maximum atomic E-state index is 13.4. The zero-order valence-corrected chi connectivity index (χ0v) is 12.7. The van der Waals surface area contributed by atoms with Gasteiger partial charge in [-0.3, -0.25) is 4.90 Å². The van der Waals surface area contributed by atoms with Gasteiger partial charge in [0.15, 0.2) is 0 Å². The van der Waals surface area contributed by atoms with Crippen LogP contribution < -0.4 is 5.32 Å². The van der Waals surface area contributed by atoms with Crippen LogP contribution in [0.4, 0.5) is 4.39 Å². The summed E-state index contributed by atoms with van der Waals surface area (Å²) in [7, 11) is 1.99. The molecule has 1 atom stereocenters. The average Bonchev–Trinajstić information content (AvgIpc) is 2.35. The highest BCUT2D eigenvalue weighted by Gasteiger charge is 2.19. The second-order valence-electron chi connectivity index (χ2n) is 5.05. The largest absolute Gasteiger partial charge is 0.319 e. The molecule has 1 saturated heterocycles. The second kappa shape index (κ2) is 8.05. The molecule has 0 aliphatic carbocycles. The van der Waals surface area contributed by atoms with E-state index in [0.29, 0.717) is 5.92 Å². The lowest BCUT2D eigenvalue weighted by Crippen LogP contribution is -2.38. The number of nitrogens with zero attached hydrogens (tertiary/aromatic N) is 1. The standard InChI is InChI=1S/C14H20ClFN2.ClH/c1-17-8-12-3-2-6-18(10-12)9-11-4-5-13(15)14(16)7-11;/h4-5,7,12,17H,2-3,6,8-10H2,1H3;1H. The number of hydrogen-bond acceptors (Lipinski definition) is 2. The fraction of sp³-hybridized carbons (Fsp3) is 0.571. The van der Waals surface area contributed by atoms with Crippen LogP contribution in [-0.2, 0) is 6.54 Å². The molecule has 1 aromatic carbocycles. The average molecular weight is 307 g/mol. The highest BCUT2D eigenvalue weighted by molar-refractivity contribution is 6.30. The number of likely N-dealkylation sites (tertiary alicyclic amines) is 1. The van der Waals surface area contributed by atoms with Crippen molar-refractivity contribution in [2.75, 3.05) is 26.7 Å². The summed E-state index contributed by atoms with van der Waals surface area (Å²) >= 11 is 5.69. The summed E-state index contributed by atoms with van der Waals surface area (Å²) < 4.78 is 13.4. The van der Waals surface area contributed by atoms with E-state index in [9.17, 15) is 4.39 Å². The lowest BCUT2D eigenvalue weighted by molar-refractivity contribution is 0.166. The van der Waals surface area contributed by atoms with Gasteiger partial charge in [0.05, 0.1) is 5.02 Å². The Morgan fingerprint density at radius 2 is 2.26 bits per heavy atom. The molecule has 1 aromatic rings. The van der Waals surface area contributed by atoms with Gasteiger partial charge in [0.1, 0.15) is 5.82 Å². The molecule has 1 aliphatic rings. The minimum absolute atomic E-state index is 0. The van der Waals surface area contributed by atoms with Gasteiger partial charge in [-0.1, -0.05) is 17.7 Å². The topological polar surface area (TPSA) is 15.3 Å². The molecule has 5 heteroatoms. The quantitative estimate of drug-likeness (QED) is 0.918. The Balaban J connectivity index is 0.00000180. The third-order valence-corrected chi connectivity index (χ3v) is 3.79. The van der Waals surface area contributed by atoms with E-state index in [-0.39, 0.29) is 23.2 Å². The Labute approximate surface area is 125 Å². The van der Waals surface area contributed by atoms with Gasteiger partial charge >= 0.3 is 0 Å². The highest BCUT2D eigenvalue weighted by atomic mass is 35.5. The molecule has 2 nitrogen and oxygen atoms in total. The van der Waals surface area contributed by atoms with E-state index in [1.165, 1.54) is 12.8 Å². The molecule has 1 aliphatic heterocycles. The Morgan fingerprint density at radius 1 is 1.47 bits per heavy atom. The molecule has 108 valence electrons. The predicted octanol–water partition coefficient (Wildman–Crippen LogP) is 3.33. The summed E-state index contributed by atoms with van der Waals surface area (Å²) in [6, 6.07) is 5.10. The molecule has 0 bridgehead atoms. The van der Waals surface area contributed by atoms with Crippen molar-refractivity contribution >= 4 is 24.0 Å². The van der Waals surface area contributed by atoms with E-state index in [1.54, 1.807) is 12.1 Å². The van der Waals surface area contributed by atoms with Crippen molar-refractivity contribution < 1.29 is 4.39 Å². The number of hydrogen-bond donors (Lipinski definition) is 1. The SMILES string of the molecule is CNCC1CCCN(Cc2ccc(Cl)c(F)c2)C1.Cl. The molecule has 0 aromatic heterocycles. The number of piperidine rings is 1. The Hall–Kier alpha value is -0.350. The maximum Gasteiger partial charge on any atom is 0.142 e. The Morgan fingerprint density at radius 3 is 2.95 bits per heavy atom. The Bertz CT molecular complexity index is 399. The summed E-state index contributed by atoms with van der Waals surface area (Å²) in [6.45, 7) is 4.06. The van der Waals surface area contributed by atoms with Crippen LogP contribution in [0.3, 0.4) is 0 Å². The van der Waals surface area contributed by atoms with Crippen molar-refractivity contribution in [2.45, 2.75) is 19.4 Å². The number of nitrogens with one attached hydrogen (secondary N) is 1. The van der Waals surface area contributed by atoms with Gasteiger partial charge in [0.2, 0.25) is 0 Å².